The number of hydrogen-bond donors (Lipinski definition) is 2. The zero-order valence-corrected chi connectivity index (χ0v) is 14.8. The molecule has 0 unspecified atom stereocenters. The number of nitrogens with two attached hydrogens (primary N) is 1. The summed E-state index contributed by atoms with van der Waals surface area (Å²) in [5.41, 5.74) is 9.23. The highest BCUT2D eigenvalue weighted by Crippen LogP contribution is 2.35. The van der Waals surface area contributed by atoms with Crippen LogP contribution < -0.4 is 15.8 Å². The number of unbranched alkanes of at least 4 members (excludes halogenated alkanes) is 2. The minimum absolute atomic E-state index is 0.0156. The Hall–Kier alpha value is -1.48. The molecule has 0 saturated heterocycles. The number of hydrogen-bond acceptors (Lipinski definition) is 3. The summed E-state index contributed by atoms with van der Waals surface area (Å²) in [6.07, 6.45) is 5.54. The normalized spacial score (nSPS) is 14.9. The topological polar surface area (TPSA) is 47.3 Å². The molecule has 0 fully saturated rings. The molecule has 2 rings (SSSR count). The van der Waals surface area contributed by atoms with E-state index in [1.807, 2.05) is 19.9 Å². The summed E-state index contributed by atoms with van der Waals surface area (Å²) in [6, 6.07) is 6.29. The molecule has 1 aliphatic rings. The molecule has 1 aromatic carbocycles. The number of fused-ring (bicyclic) bond motifs is 1. The Morgan fingerprint density at radius 3 is 2.55 bits per heavy atom. The second-order valence-electron chi connectivity index (χ2n) is 6.08. The minimum atomic E-state index is 0.0156. The smallest absolute Gasteiger partial charge is 0.120 e. The van der Waals surface area contributed by atoms with Crippen LogP contribution in [-0.4, -0.2) is 18.7 Å². The van der Waals surface area contributed by atoms with E-state index in [0.29, 0.717) is 0 Å². The van der Waals surface area contributed by atoms with Gasteiger partial charge in [-0.15, -0.1) is 0 Å². The van der Waals surface area contributed by atoms with Gasteiger partial charge in [-0.25, -0.2) is 0 Å². The predicted octanol–water partition coefficient (Wildman–Crippen LogP) is 4.83. The largest absolute Gasteiger partial charge is 0.494 e. The highest BCUT2D eigenvalue weighted by molar-refractivity contribution is 5.80. The molecule has 3 N–H and O–H groups in total. The molecule has 0 amide bonds. The van der Waals surface area contributed by atoms with Crippen molar-refractivity contribution in [2.45, 2.75) is 59.4 Å². The van der Waals surface area contributed by atoms with Crippen molar-refractivity contribution in [3.63, 3.8) is 0 Å². The van der Waals surface area contributed by atoms with E-state index >= 15 is 0 Å². The van der Waals surface area contributed by atoms with Gasteiger partial charge in [-0.1, -0.05) is 19.9 Å². The highest BCUT2D eigenvalue weighted by atomic mass is 16.5. The van der Waals surface area contributed by atoms with E-state index in [2.05, 4.69) is 44.3 Å². The number of allylic oxidation sites excluding steroid dienone is 1. The number of ether oxygens (including phenoxy) is 1. The van der Waals surface area contributed by atoms with Gasteiger partial charge in [0.05, 0.1) is 12.1 Å². The van der Waals surface area contributed by atoms with E-state index in [1.165, 1.54) is 16.8 Å². The summed E-state index contributed by atoms with van der Waals surface area (Å²) >= 11 is 0. The number of nitrogens with one attached hydrogen (secondary N) is 1. The summed E-state index contributed by atoms with van der Waals surface area (Å²) in [6.45, 7) is 12.1. The first-order valence-corrected chi connectivity index (χ1v) is 8.47. The highest BCUT2D eigenvalue weighted by Gasteiger charge is 2.22. The summed E-state index contributed by atoms with van der Waals surface area (Å²) in [5.74, 6) is 0.950. The van der Waals surface area contributed by atoms with Gasteiger partial charge in [0.2, 0.25) is 0 Å². The van der Waals surface area contributed by atoms with E-state index in [4.69, 9.17) is 10.5 Å². The minimum Gasteiger partial charge on any atom is -0.494 e. The van der Waals surface area contributed by atoms with Gasteiger partial charge >= 0.3 is 0 Å². The molecule has 0 spiro atoms. The van der Waals surface area contributed by atoms with Gasteiger partial charge in [0, 0.05) is 11.3 Å². The molecular weight excluding hydrogens is 272 g/mol. The number of rotatable bonds is 6. The molecule has 124 valence electrons. The Balaban J connectivity index is 0.00000116. The van der Waals surface area contributed by atoms with E-state index in [9.17, 15) is 0 Å². The Bertz CT molecular complexity index is 492. The van der Waals surface area contributed by atoms with Crippen molar-refractivity contribution in [3.05, 3.63) is 29.8 Å². The van der Waals surface area contributed by atoms with Crippen LogP contribution in [0.4, 0.5) is 5.69 Å². The molecule has 22 heavy (non-hydrogen) atoms. The maximum absolute atomic E-state index is 5.82. The van der Waals surface area contributed by atoms with Gasteiger partial charge in [0.15, 0.2) is 0 Å². The average Bonchev–Trinajstić information content (AvgIpc) is 2.48. The predicted molar refractivity (Wildman–Crippen MR) is 97.5 cm³/mol. The molecule has 0 atom stereocenters. The van der Waals surface area contributed by atoms with Crippen LogP contribution in [0.3, 0.4) is 0 Å². The number of anilines is 1. The molecule has 0 aromatic heterocycles. The monoisotopic (exact) mass is 304 g/mol. The van der Waals surface area contributed by atoms with Crippen LogP contribution in [-0.2, 0) is 0 Å². The second-order valence-corrected chi connectivity index (χ2v) is 6.08. The van der Waals surface area contributed by atoms with Crippen molar-refractivity contribution in [2.24, 2.45) is 5.73 Å². The van der Waals surface area contributed by atoms with Crippen LogP contribution in [0, 0.1) is 0 Å². The fourth-order valence-corrected chi connectivity index (χ4v) is 2.66. The maximum atomic E-state index is 5.82. The van der Waals surface area contributed by atoms with E-state index < -0.39 is 0 Å². The Kier molecular flexibility index (Phi) is 7.46. The van der Waals surface area contributed by atoms with Crippen molar-refractivity contribution in [1.82, 2.24) is 0 Å². The van der Waals surface area contributed by atoms with Gasteiger partial charge in [0.25, 0.3) is 0 Å². The summed E-state index contributed by atoms with van der Waals surface area (Å²) < 4.78 is 5.82. The van der Waals surface area contributed by atoms with Crippen LogP contribution in [0.5, 0.6) is 5.75 Å². The Labute approximate surface area is 135 Å². The van der Waals surface area contributed by atoms with Crippen molar-refractivity contribution in [3.8, 4) is 5.75 Å². The molecule has 0 bridgehead atoms. The quantitative estimate of drug-likeness (QED) is 0.740. The summed E-state index contributed by atoms with van der Waals surface area (Å²) in [4.78, 5) is 0. The van der Waals surface area contributed by atoms with Crippen LogP contribution in [0.2, 0.25) is 0 Å². The maximum Gasteiger partial charge on any atom is 0.120 e. The summed E-state index contributed by atoms with van der Waals surface area (Å²) in [5, 5.41) is 3.53. The second kappa shape index (κ2) is 8.84. The molecule has 1 aromatic rings. The molecular formula is C19H32N2O. The van der Waals surface area contributed by atoms with E-state index in [1.54, 1.807) is 0 Å². The lowest BCUT2D eigenvalue weighted by molar-refractivity contribution is 0.305. The third kappa shape index (κ3) is 5.38. The zero-order valence-electron chi connectivity index (χ0n) is 14.8. The molecule has 1 heterocycles. The fourth-order valence-electron chi connectivity index (χ4n) is 2.66. The van der Waals surface area contributed by atoms with Gasteiger partial charge in [-0.2, -0.15) is 0 Å². The molecule has 1 aliphatic heterocycles. The lowest BCUT2D eigenvalue weighted by Crippen LogP contribution is -2.31. The fraction of sp³-hybridized carbons (Fsp3) is 0.579. The van der Waals surface area contributed by atoms with Crippen molar-refractivity contribution >= 4 is 11.3 Å². The lowest BCUT2D eigenvalue weighted by Gasteiger charge is -2.31. The van der Waals surface area contributed by atoms with Crippen LogP contribution in [0.1, 0.15) is 59.4 Å². The van der Waals surface area contributed by atoms with Gasteiger partial charge in [0.1, 0.15) is 5.75 Å². The van der Waals surface area contributed by atoms with Gasteiger partial charge < -0.3 is 15.8 Å². The molecule has 0 saturated carbocycles. The first-order valence-electron chi connectivity index (χ1n) is 8.47. The zero-order chi connectivity index (χ0) is 16.6. The van der Waals surface area contributed by atoms with Crippen LogP contribution in [0.15, 0.2) is 24.3 Å². The Morgan fingerprint density at radius 1 is 1.14 bits per heavy atom. The third-order valence-electron chi connectivity index (χ3n) is 3.57. The Morgan fingerprint density at radius 2 is 1.86 bits per heavy atom. The van der Waals surface area contributed by atoms with Crippen molar-refractivity contribution in [2.75, 3.05) is 18.5 Å². The summed E-state index contributed by atoms with van der Waals surface area (Å²) in [7, 11) is 0. The SMILES string of the molecule is CC.CC1=CC(C)(C)Nc2ccc(OCCCCCN)cc21. The third-order valence-corrected chi connectivity index (χ3v) is 3.57. The van der Waals surface area contributed by atoms with Gasteiger partial charge in [-0.3, -0.25) is 0 Å². The van der Waals surface area contributed by atoms with Crippen molar-refractivity contribution in [1.29, 1.82) is 0 Å². The first kappa shape index (κ1) is 18.6. The molecule has 0 aliphatic carbocycles. The average molecular weight is 304 g/mol. The van der Waals surface area contributed by atoms with Gasteiger partial charge in [-0.05, 0) is 70.4 Å². The molecule has 3 nitrogen and oxygen atoms in total. The van der Waals surface area contributed by atoms with E-state index in [0.717, 1.165) is 38.2 Å². The van der Waals surface area contributed by atoms with E-state index in [-0.39, 0.29) is 5.54 Å². The van der Waals surface area contributed by atoms with Crippen molar-refractivity contribution < 1.29 is 4.74 Å². The molecule has 3 heteroatoms. The van der Waals surface area contributed by atoms with Crippen LogP contribution in [0.25, 0.3) is 5.57 Å². The van der Waals surface area contributed by atoms with Crippen LogP contribution >= 0.6 is 0 Å². The first-order chi connectivity index (χ1) is 10.5. The lowest BCUT2D eigenvalue weighted by atomic mass is 9.91. The standard InChI is InChI=1S/C17H26N2O.C2H6/c1-13-12-17(2,3)19-16-8-7-14(11-15(13)16)20-10-6-4-5-9-18;1-2/h7-8,11-12,19H,4-6,9-10,18H2,1-3H3;1-2H3. The number of benzene rings is 1. The molecule has 0 radical (unpaired) electrons.